The minimum atomic E-state index is -0.230. The van der Waals surface area contributed by atoms with Crippen molar-refractivity contribution in [2.75, 3.05) is 5.32 Å². The molecule has 128 valence electrons. The SMILES string of the molecule is Cc1nc2ccc3nc(NC(=O)c4sc5ccccc5c4Cl)sc3c2s1. The van der Waals surface area contributed by atoms with Crippen LogP contribution in [0.15, 0.2) is 36.4 Å². The monoisotopic (exact) mass is 415 g/mol. The maximum atomic E-state index is 12.7. The van der Waals surface area contributed by atoms with E-state index in [1.54, 1.807) is 11.3 Å². The molecule has 0 aliphatic heterocycles. The van der Waals surface area contributed by atoms with Crippen molar-refractivity contribution in [3.8, 4) is 0 Å². The van der Waals surface area contributed by atoms with Crippen molar-refractivity contribution in [3.63, 3.8) is 0 Å². The molecule has 0 spiro atoms. The molecule has 0 aliphatic carbocycles. The Morgan fingerprint density at radius 3 is 2.54 bits per heavy atom. The summed E-state index contributed by atoms with van der Waals surface area (Å²) in [5.74, 6) is -0.230. The van der Waals surface area contributed by atoms with E-state index in [4.69, 9.17) is 11.6 Å². The molecule has 0 saturated heterocycles. The van der Waals surface area contributed by atoms with E-state index in [0.29, 0.717) is 15.0 Å². The topological polar surface area (TPSA) is 54.9 Å². The summed E-state index contributed by atoms with van der Waals surface area (Å²) in [6, 6.07) is 11.6. The molecular weight excluding hydrogens is 406 g/mol. The Hall–Kier alpha value is -2.06. The lowest BCUT2D eigenvalue weighted by Crippen LogP contribution is -2.10. The number of aromatic nitrogens is 2. The van der Waals surface area contributed by atoms with Crippen molar-refractivity contribution in [1.29, 1.82) is 0 Å². The average molecular weight is 416 g/mol. The van der Waals surface area contributed by atoms with Crippen LogP contribution in [0.2, 0.25) is 5.02 Å². The number of thiophene rings is 1. The molecule has 3 aromatic heterocycles. The fourth-order valence-corrected chi connectivity index (χ4v) is 6.27. The molecule has 0 aliphatic rings. The lowest BCUT2D eigenvalue weighted by Gasteiger charge is -1.98. The average Bonchev–Trinajstić information content (AvgIpc) is 3.29. The van der Waals surface area contributed by atoms with E-state index in [-0.39, 0.29) is 5.91 Å². The van der Waals surface area contributed by atoms with Gasteiger partial charge in [0.05, 0.1) is 30.5 Å². The molecule has 0 bridgehead atoms. The summed E-state index contributed by atoms with van der Waals surface area (Å²) in [5.41, 5.74) is 1.83. The Kier molecular flexibility index (Phi) is 3.72. The Labute approximate surface area is 165 Å². The van der Waals surface area contributed by atoms with Crippen LogP contribution in [0, 0.1) is 6.92 Å². The van der Waals surface area contributed by atoms with E-state index >= 15 is 0 Å². The minimum absolute atomic E-state index is 0.230. The number of rotatable bonds is 2. The molecule has 1 amide bonds. The molecule has 0 atom stereocenters. The summed E-state index contributed by atoms with van der Waals surface area (Å²) >= 11 is 10.9. The number of amides is 1. The van der Waals surface area contributed by atoms with E-state index in [1.807, 2.05) is 43.3 Å². The third-order valence-electron chi connectivity index (χ3n) is 3.98. The van der Waals surface area contributed by atoms with Gasteiger partial charge in [-0.05, 0) is 25.1 Å². The normalized spacial score (nSPS) is 11.6. The Morgan fingerprint density at radius 2 is 1.73 bits per heavy atom. The number of hydrogen-bond donors (Lipinski definition) is 1. The van der Waals surface area contributed by atoms with Gasteiger partial charge in [-0.1, -0.05) is 41.1 Å². The van der Waals surface area contributed by atoms with Crippen LogP contribution in [0.5, 0.6) is 0 Å². The zero-order chi connectivity index (χ0) is 17.8. The Balaban J connectivity index is 1.54. The van der Waals surface area contributed by atoms with Crippen molar-refractivity contribution in [2.24, 2.45) is 0 Å². The number of nitrogens with one attached hydrogen (secondary N) is 1. The molecule has 0 radical (unpaired) electrons. The van der Waals surface area contributed by atoms with Gasteiger partial charge in [-0.2, -0.15) is 0 Å². The number of carbonyl (C=O) groups excluding carboxylic acids is 1. The number of hydrogen-bond acceptors (Lipinski definition) is 6. The van der Waals surface area contributed by atoms with E-state index in [2.05, 4.69) is 15.3 Å². The highest BCUT2D eigenvalue weighted by Gasteiger charge is 2.19. The predicted molar refractivity (Wildman–Crippen MR) is 112 cm³/mol. The first-order chi connectivity index (χ1) is 12.6. The molecule has 26 heavy (non-hydrogen) atoms. The molecule has 2 aromatic carbocycles. The fourth-order valence-electron chi connectivity index (χ4n) is 2.85. The number of carbonyl (C=O) groups is 1. The van der Waals surface area contributed by atoms with Gasteiger partial charge in [-0.15, -0.1) is 22.7 Å². The highest BCUT2D eigenvalue weighted by molar-refractivity contribution is 7.28. The van der Waals surface area contributed by atoms with Gasteiger partial charge in [0.25, 0.3) is 5.91 Å². The number of benzene rings is 2. The van der Waals surface area contributed by atoms with Gasteiger partial charge < -0.3 is 0 Å². The quantitative estimate of drug-likeness (QED) is 0.366. The zero-order valence-corrected chi connectivity index (χ0v) is 16.6. The predicted octanol–water partition coefficient (Wildman–Crippen LogP) is 6.33. The number of halogens is 1. The lowest BCUT2D eigenvalue weighted by atomic mass is 10.2. The first kappa shape index (κ1) is 16.1. The number of anilines is 1. The number of nitrogens with zero attached hydrogens (tertiary/aromatic N) is 2. The second-order valence-electron chi connectivity index (χ2n) is 5.71. The molecule has 0 fully saturated rings. The fraction of sp³-hybridized carbons (Fsp3) is 0.0556. The van der Waals surface area contributed by atoms with Crippen LogP contribution < -0.4 is 5.32 Å². The highest BCUT2D eigenvalue weighted by Crippen LogP contribution is 2.38. The van der Waals surface area contributed by atoms with E-state index in [0.717, 1.165) is 35.5 Å². The lowest BCUT2D eigenvalue weighted by molar-refractivity contribution is 0.103. The zero-order valence-electron chi connectivity index (χ0n) is 13.4. The van der Waals surface area contributed by atoms with Crippen molar-refractivity contribution in [3.05, 3.63) is 51.3 Å². The maximum absolute atomic E-state index is 12.7. The summed E-state index contributed by atoms with van der Waals surface area (Å²) in [5, 5.41) is 5.87. The van der Waals surface area contributed by atoms with Crippen LogP contribution in [0.1, 0.15) is 14.7 Å². The van der Waals surface area contributed by atoms with Gasteiger partial charge in [0, 0.05) is 10.1 Å². The van der Waals surface area contributed by atoms with Gasteiger partial charge in [0.2, 0.25) is 0 Å². The Bertz CT molecular complexity index is 1320. The van der Waals surface area contributed by atoms with Gasteiger partial charge in [0.1, 0.15) is 4.88 Å². The van der Waals surface area contributed by atoms with E-state index < -0.39 is 0 Å². The summed E-state index contributed by atoms with van der Waals surface area (Å²) in [6.07, 6.45) is 0. The molecule has 0 saturated carbocycles. The van der Waals surface area contributed by atoms with Crippen LogP contribution in [-0.4, -0.2) is 15.9 Å². The molecule has 0 unspecified atom stereocenters. The molecule has 1 N–H and O–H groups in total. The Morgan fingerprint density at radius 1 is 1.00 bits per heavy atom. The van der Waals surface area contributed by atoms with Crippen LogP contribution in [0.4, 0.5) is 5.13 Å². The smallest absolute Gasteiger partial charge is 0.269 e. The third-order valence-corrected chi connectivity index (χ3v) is 7.79. The molecule has 5 aromatic rings. The minimum Gasteiger partial charge on any atom is -0.297 e. The summed E-state index contributed by atoms with van der Waals surface area (Å²) in [4.78, 5) is 22.3. The molecule has 3 heterocycles. The molecule has 4 nitrogen and oxygen atoms in total. The second kappa shape index (κ2) is 5.99. The summed E-state index contributed by atoms with van der Waals surface area (Å²) in [6.45, 7) is 1.99. The van der Waals surface area contributed by atoms with Gasteiger partial charge >= 0.3 is 0 Å². The third kappa shape index (κ3) is 2.51. The van der Waals surface area contributed by atoms with Crippen molar-refractivity contribution < 1.29 is 4.79 Å². The van der Waals surface area contributed by atoms with Crippen molar-refractivity contribution in [1.82, 2.24) is 9.97 Å². The number of thiazole rings is 2. The molecule has 8 heteroatoms. The van der Waals surface area contributed by atoms with Gasteiger partial charge in [-0.3, -0.25) is 10.1 Å². The second-order valence-corrected chi connectivity index (χ2v) is 9.34. The molecular formula is C18H10ClN3OS3. The van der Waals surface area contributed by atoms with Gasteiger partial charge in [0.15, 0.2) is 5.13 Å². The van der Waals surface area contributed by atoms with E-state index in [9.17, 15) is 4.79 Å². The number of aryl methyl sites for hydroxylation is 1. The molecule has 5 rings (SSSR count). The summed E-state index contributed by atoms with van der Waals surface area (Å²) < 4.78 is 3.15. The van der Waals surface area contributed by atoms with Gasteiger partial charge in [-0.25, -0.2) is 9.97 Å². The number of fused-ring (bicyclic) bond motifs is 4. The van der Waals surface area contributed by atoms with Crippen LogP contribution in [0.3, 0.4) is 0 Å². The van der Waals surface area contributed by atoms with Crippen molar-refractivity contribution >= 4 is 87.2 Å². The maximum Gasteiger partial charge on any atom is 0.269 e. The van der Waals surface area contributed by atoms with E-state index in [1.165, 1.54) is 22.7 Å². The van der Waals surface area contributed by atoms with Crippen LogP contribution >= 0.6 is 45.6 Å². The first-order valence-electron chi connectivity index (χ1n) is 7.75. The van der Waals surface area contributed by atoms with Crippen LogP contribution in [0.25, 0.3) is 30.5 Å². The first-order valence-corrected chi connectivity index (χ1v) is 10.6. The van der Waals surface area contributed by atoms with Crippen molar-refractivity contribution in [2.45, 2.75) is 6.92 Å². The van der Waals surface area contributed by atoms with Crippen LogP contribution in [-0.2, 0) is 0 Å². The summed E-state index contributed by atoms with van der Waals surface area (Å²) in [7, 11) is 0. The largest absolute Gasteiger partial charge is 0.297 e. The standard InChI is InChI=1S/C18H10ClN3OS3/c1-8-20-10-6-7-11-15(14(10)24-8)26-18(21-11)22-17(23)16-13(19)9-4-2-3-5-12(9)25-16/h2-7H,1H3,(H,21,22,23). The highest BCUT2D eigenvalue weighted by atomic mass is 35.5.